The van der Waals surface area contributed by atoms with Crippen molar-refractivity contribution in [2.45, 2.75) is 0 Å². The number of nitrogens with zero attached hydrogens (tertiary/aromatic N) is 3. The summed E-state index contributed by atoms with van der Waals surface area (Å²) in [4.78, 5) is 7.49. The molecule has 3 heteroatoms. The molecule has 0 spiro atoms. The molecule has 0 saturated carbocycles. The lowest BCUT2D eigenvalue weighted by atomic mass is 10.6. The van der Waals surface area contributed by atoms with Gasteiger partial charge in [-0.2, -0.15) is 0 Å². The van der Waals surface area contributed by atoms with Gasteiger partial charge in [-0.3, -0.25) is 4.99 Å². The summed E-state index contributed by atoms with van der Waals surface area (Å²) in [7, 11) is 1.93. The molecule has 1 rings (SSSR count). The molecule has 0 aliphatic carbocycles. The van der Waals surface area contributed by atoms with Crippen molar-refractivity contribution in [3.63, 3.8) is 0 Å². The number of rotatable bonds is 2. The van der Waals surface area contributed by atoms with Crippen molar-refractivity contribution < 1.29 is 0 Å². The highest BCUT2D eigenvalue weighted by atomic mass is 15.0. The van der Waals surface area contributed by atoms with E-state index in [0.29, 0.717) is 0 Å². The Kier molecular flexibility index (Phi) is 1.99. The average molecular weight is 135 g/mol. The first-order valence-electron chi connectivity index (χ1n) is 2.94. The standard InChI is InChI=1S/C7H9N3/c1-8-6-9-7-4-3-5-10(7)2/h3-6H,1H2,2H3/b9-6-. The van der Waals surface area contributed by atoms with Crippen LogP contribution in [0.1, 0.15) is 0 Å². The van der Waals surface area contributed by atoms with Crippen molar-refractivity contribution in [2.75, 3.05) is 0 Å². The van der Waals surface area contributed by atoms with Gasteiger partial charge in [0, 0.05) is 13.2 Å². The monoisotopic (exact) mass is 135 g/mol. The van der Waals surface area contributed by atoms with E-state index in [2.05, 4.69) is 16.7 Å². The first kappa shape index (κ1) is 6.74. The maximum absolute atomic E-state index is 3.99. The quantitative estimate of drug-likeness (QED) is 0.433. The fraction of sp³-hybridized carbons (Fsp3) is 0.143. The predicted molar refractivity (Wildman–Crippen MR) is 43.1 cm³/mol. The van der Waals surface area contributed by atoms with Crippen molar-refractivity contribution in [1.82, 2.24) is 4.57 Å². The minimum Gasteiger partial charge on any atom is -0.336 e. The lowest BCUT2D eigenvalue weighted by Crippen LogP contribution is -1.81. The Balaban J connectivity index is 2.83. The van der Waals surface area contributed by atoms with E-state index in [1.165, 1.54) is 6.34 Å². The van der Waals surface area contributed by atoms with E-state index >= 15 is 0 Å². The molecule has 1 aromatic heterocycles. The number of hydrogen-bond acceptors (Lipinski definition) is 1. The molecule has 0 aromatic carbocycles. The maximum atomic E-state index is 3.99. The van der Waals surface area contributed by atoms with Crippen LogP contribution in [0.4, 0.5) is 5.82 Å². The van der Waals surface area contributed by atoms with Gasteiger partial charge in [0.05, 0.1) is 0 Å². The van der Waals surface area contributed by atoms with E-state index in [1.54, 1.807) is 0 Å². The largest absolute Gasteiger partial charge is 0.336 e. The van der Waals surface area contributed by atoms with Crippen LogP contribution in [-0.4, -0.2) is 17.6 Å². The summed E-state index contributed by atoms with van der Waals surface area (Å²) in [5.41, 5.74) is 0. The van der Waals surface area contributed by atoms with E-state index in [-0.39, 0.29) is 0 Å². The van der Waals surface area contributed by atoms with Crippen molar-refractivity contribution in [3.8, 4) is 0 Å². The third kappa shape index (κ3) is 1.31. The topological polar surface area (TPSA) is 29.6 Å². The Labute approximate surface area is 59.7 Å². The maximum Gasteiger partial charge on any atom is 0.134 e. The van der Waals surface area contributed by atoms with Crippen molar-refractivity contribution in [2.24, 2.45) is 17.0 Å². The third-order valence-electron chi connectivity index (χ3n) is 1.19. The SMILES string of the molecule is C=N/C=N\c1cccn1C. The van der Waals surface area contributed by atoms with Crippen LogP contribution in [0.15, 0.2) is 28.3 Å². The Hall–Kier alpha value is -1.38. The predicted octanol–water partition coefficient (Wildman–Crippen LogP) is 1.39. The van der Waals surface area contributed by atoms with Gasteiger partial charge in [0.1, 0.15) is 12.2 Å². The molecule has 52 valence electrons. The lowest BCUT2D eigenvalue weighted by molar-refractivity contribution is 0.926. The smallest absolute Gasteiger partial charge is 0.134 e. The van der Waals surface area contributed by atoms with Crippen LogP contribution < -0.4 is 0 Å². The van der Waals surface area contributed by atoms with Crippen molar-refractivity contribution in [3.05, 3.63) is 18.3 Å². The van der Waals surface area contributed by atoms with E-state index in [1.807, 2.05) is 29.9 Å². The second-order valence-corrected chi connectivity index (χ2v) is 1.90. The van der Waals surface area contributed by atoms with Crippen molar-refractivity contribution >= 4 is 18.9 Å². The Morgan fingerprint density at radius 2 is 2.50 bits per heavy atom. The van der Waals surface area contributed by atoms with Crippen LogP contribution in [0.25, 0.3) is 0 Å². The first-order valence-corrected chi connectivity index (χ1v) is 2.94. The van der Waals surface area contributed by atoms with Gasteiger partial charge in [0.25, 0.3) is 0 Å². The molecule has 0 atom stereocenters. The van der Waals surface area contributed by atoms with Gasteiger partial charge in [0.15, 0.2) is 0 Å². The second-order valence-electron chi connectivity index (χ2n) is 1.90. The molecule has 10 heavy (non-hydrogen) atoms. The van der Waals surface area contributed by atoms with Crippen LogP contribution in [-0.2, 0) is 7.05 Å². The molecule has 0 saturated heterocycles. The van der Waals surface area contributed by atoms with Gasteiger partial charge >= 0.3 is 0 Å². The van der Waals surface area contributed by atoms with E-state index in [9.17, 15) is 0 Å². The Morgan fingerprint density at radius 1 is 1.70 bits per heavy atom. The molecule has 0 amide bonds. The van der Waals surface area contributed by atoms with Gasteiger partial charge in [-0.15, -0.1) is 0 Å². The van der Waals surface area contributed by atoms with E-state index < -0.39 is 0 Å². The van der Waals surface area contributed by atoms with Crippen LogP contribution in [0, 0.1) is 0 Å². The summed E-state index contributed by atoms with van der Waals surface area (Å²) in [6.45, 7) is 3.28. The summed E-state index contributed by atoms with van der Waals surface area (Å²) in [6.07, 6.45) is 3.35. The van der Waals surface area contributed by atoms with Gasteiger partial charge in [-0.25, -0.2) is 4.99 Å². The average Bonchev–Trinajstić information content (AvgIpc) is 2.31. The van der Waals surface area contributed by atoms with Gasteiger partial charge < -0.3 is 4.57 Å². The zero-order valence-corrected chi connectivity index (χ0v) is 5.86. The van der Waals surface area contributed by atoms with Gasteiger partial charge in [0.2, 0.25) is 0 Å². The Morgan fingerprint density at radius 3 is 3.00 bits per heavy atom. The van der Waals surface area contributed by atoms with Crippen molar-refractivity contribution in [1.29, 1.82) is 0 Å². The molecule has 1 heterocycles. The van der Waals surface area contributed by atoms with Crippen LogP contribution in [0.5, 0.6) is 0 Å². The molecule has 0 bridgehead atoms. The number of aliphatic imine (C=N–C) groups is 2. The zero-order valence-electron chi connectivity index (χ0n) is 5.86. The molecule has 0 N–H and O–H groups in total. The number of aryl methyl sites for hydroxylation is 1. The molecule has 1 aromatic rings. The fourth-order valence-corrected chi connectivity index (χ4v) is 0.686. The number of aromatic nitrogens is 1. The molecule has 0 radical (unpaired) electrons. The summed E-state index contributed by atoms with van der Waals surface area (Å²) in [5.74, 6) is 0.882. The summed E-state index contributed by atoms with van der Waals surface area (Å²) >= 11 is 0. The summed E-state index contributed by atoms with van der Waals surface area (Å²) < 4.78 is 1.90. The van der Waals surface area contributed by atoms with Crippen LogP contribution in [0.3, 0.4) is 0 Å². The first-order chi connectivity index (χ1) is 4.84. The minimum atomic E-state index is 0.882. The van der Waals surface area contributed by atoms with Crippen LogP contribution in [0.2, 0.25) is 0 Å². The second kappa shape index (κ2) is 2.96. The zero-order chi connectivity index (χ0) is 7.40. The fourth-order valence-electron chi connectivity index (χ4n) is 0.686. The molecule has 0 aliphatic rings. The highest BCUT2D eigenvalue weighted by molar-refractivity contribution is 5.65. The molecule has 0 unspecified atom stereocenters. The van der Waals surface area contributed by atoms with E-state index in [0.717, 1.165) is 5.82 Å². The molecule has 0 fully saturated rings. The molecular weight excluding hydrogens is 126 g/mol. The molecule has 3 nitrogen and oxygen atoms in total. The van der Waals surface area contributed by atoms with Gasteiger partial charge in [-0.1, -0.05) is 0 Å². The summed E-state index contributed by atoms with van der Waals surface area (Å²) in [5, 5.41) is 0. The lowest BCUT2D eigenvalue weighted by Gasteiger charge is -1.91. The van der Waals surface area contributed by atoms with E-state index in [4.69, 9.17) is 0 Å². The minimum absolute atomic E-state index is 0.882. The summed E-state index contributed by atoms with van der Waals surface area (Å²) in [6, 6.07) is 3.83. The molecule has 0 aliphatic heterocycles. The highest BCUT2D eigenvalue weighted by Crippen LogP contribution is 2.08. The number of hydrogen-bond donors (Lipinski definition) is 0. The highest BCUT2D eigenvalue weighted by Gasteiger charge is 1.88. The Bertz CT molecular complexity index is 247. The third-order valence-corrected chi connectivity index (χ3v) is 1.19. The van der Waals surface area contributed by atoms with Gasteiger partial charge in [-0.05, 0) is 18.9 Å². The normalized spacial score (nSPS) is 10.5. The van der Waals surface area contributed by atoms with Crippen LogP contribution >= 0.6 is 0 Å². The molecular formula is C7H9N3.